The van der Waals surface area contributed by atoms with Crippen molar-refractivity contribution in [2.75, 3.05) is 26.0 Å². The van der Waals surface area contributed by atoms with Gasteiger partial charge in [-0.1, -0.05) is 12.1 Å². The third kappa shape index (κ3) is 5.31. The number of methoxy groups -OCH3 is 1. The molecule has 3 rings (SSSR count). The second-order valence-corrected chi connectivity index (χ2v) is 9.61. The van der Waals surface area contributed by atoms with Gasteiger partial charge >= 0.3 is 0 Å². The Morgan fingerprint density at radius 1 is 1.30 bits per heavy atom. The molecule has 1 aliphatic rings. The zero-order chi connectivity index (χ0) is 19.3. The lowest BCUT2D eigenvalue weighted by atomic mass is 10.0. The fourth-order valence-electron chi connectivity index (χ4n) is 3.11. The van der Waals surface area contributed by atoms with Gasteiger partial charge in [0.05, 0.1) is 19.3 Å². The van der Waals surface area contributed by atoms with E-state index in [0.29, 0.717) is 38.9 Å². The van der Waals surface area contributed by atoms with Gasteiger partial charge in [-0.3, -0.25) is 4.79 Å². The topological polar surface area (TPSA) is 75.7 Å². The zero-order valence-corrected chi connectivity index (χ0v) is 16.9. The summed E-state index contributed by atoms with van der Waals surface area (Å²) in [4.78, 5) is 12.9. The van der Waals surface area contributed by atoms with Crippen LogP contribution in [-0.2, 0) is 34.2 Å². The van der Waals surface area contributed by atoms with Crippen molar-refractivity contribution in [1.29, 1.82) is 0 Å². The van der Waals surface area contributed by atoms with E-state index in [-0.39, 0.29) is 11.7 Å². The number of carbonyl (C=O) groups excluding carboxylic acids is 1. The van der Waals surface area contributed by atoms with Crippen LogP contribution in [0.25, 0.3) is 0 Å². The van der Waals surface area contributed by atoms with Gasteiger partial charge in [-0.25, -0.2) is 8.42 Å². The van der Waals surface area contributed by atoms with Crippen molar-refractivity contribution in [2.24, 2.45) is 0 Å². The molecule has 1 N–H and O–H groups in total. The lowest BCUT2D eigenvalue weighted by Gasteiger charge is -2.28. The van der Waals surface area contributed by atoms with E-state index in [2.05, 4.69) is 5.32 Å². The van der Waals surface area contributed by atoms with Gasteiger partial charge < -0.3 is 10.1 Å². The summed E-state index contributed by atoms with van der Waals surface area (Å²) in [5.41, 5.74) is 2.16. The quantitative estimate of drug-likeness (QED) is 0.680. The van der Waals surface area contributed by atoms with Crippen LogP contribution in [0.15, 0.2) is 35.7 Å². The molecular weight excluding hydrogens is 384 g/mol. The number of rotatable bonds is 8. The van der Waals surface area contributed by atoms with Crippen LogP contribution in [0.5, 0.6) is 5.75 Å². The fraction of sp³-hybridized carbons (Fsp3) is 0.421. The smallest absolute Gasteiger partial charge is 0.225 e. The Hall–Kier alpha value is -1.90. The first-order valence-corrected chi connectivity index (χ1v) is 11.4. The number of thiophene rings is 1. The zero-order valence-electron chi connectivity index (χ0n) is 15.3. The van der Waals surface area contributed by atoms with E-state index in [1.54, 1.807) is 7.11 Å². The van der Waals surface area contributed by atoms with Crippen LogP contribution in [0.1, 0.15) is 22.4 Å². The standard InChI is InChI=1S/C19H24N2O4S2/c1-25-17-6-5-16-14-21(9-7-15(16)12-17)27(23,24)11-3-8-20-19(22)13-18-4-2-10-26-18/h2,4-6,10,12H,3,7-9,11,13-14H2,1H3,(H,20,22). The summed E-state index contributed by atoms with van der Waals surface area (Å²) < 4.78 is 32.0. The lowest BCUT2D eigenvalue weighted by molar-refractivity contribution is -0.120. The number of benzene rings is 1. The molecule has 2 aromatic rings. The molecule has 0 spiro atoms. The molecule has 8 heteroatoms. The minimum absolute atomic E-state index is 0.0395. The van der Waals surface area contributed by atoms with Gasteiger partial charge in [0.15, 0.2) is 0 Å². The van der Waals surface area contributed by atoms with E-state index in [1.807, 2.05) is 35.7 Å². The van der Waals surface area contributed by atoms with Gasteiger partial charge in [0, 0.05) is 24.5 Å². The summed E-state index contributed by atoms with van der Waals surface area (Å²) in [6.07, 6.45) is 1.44. The molecule has 1 amide bonds. The SMILES string of the molecule is COc1ccc2c(c1)CCN(S(=O)(=O)CCCNC(=O)Cc1cccs1)C2. The van der Waals surface area contributed by atoms with Crippen LogP contribution in [-0.4, -0.2) is 44.6 Å². The molecule has 1 aliphatic heterocycles. The van der Waals surface area contributed by atoms with Crippen LogP contribution < -0.4 is 10.1 Å². The summed E-state index contributed by atoms with van der Waals surface area (Å²) in [5, 5.41) is 4.73. The summed E-state index contributed by atoms with van der Waals surface area (Å²) in [6.45, 7) is 1.24. The molecule has 0 saturated heterocycles. The maximum Gasteiger partial charge on any atom is 0.225 e. The molecule has 27 heavy (non-hydrogen) atoms. The van der Waals surface area contributed by atoms with E-state index in [9.17, 15) is 13.2 Å². The van der Waals surface area contributed by atoms with Gasteiger partial charge in [0.1, 0.15) is 5.75 Å². The molecule has 0 saturated carbocycles. The van der Waals surface area contributed by atoms with Crippen molar-refractivity contribution in [3.8, 4) is 5.75 Å². The van der Waals surface area contributed by atoms with Crippen molar-refractivity contribution < 1.29 is 17.9 Å². The van der Waals surface area contributed by atoms with E-state index in [0.717, 1.165) is 21.8 Å². The van der Waals surface area contributed by atoms with E-state index < -0.39 is 10.0 Å². The van der Waals surface area contributed by atoms with Gasteiger partial charge in [0.2, 0.25) is 15.9 Å². The Morgan fingerprint density at radius 2 is 2.15 bits per heavy atom. The second kappa shape index (κ2) is 8.86. The first-order valence-electron chi connectivity index (χ1n) is 8.90. The number of hydrogen-bond acceptors (Lipinski definition) is 5. The van der Waals surface area contributed by atoms with Crippen molar-refractivity contribution >= 4 is 27.3 Å². The fourth-order valence-corrected chi connectivity index (χ4v) is 5.29. The number of carbonyl (C=O) groups is 1. The Kier molecular flexibility index (Phi) is 6.51. The van der Waals surface area contributed by atoms with E-state index in [4.69, 9.17) is 4.74 Å². The highest BCUT2D eigenvalue weighted by molar-refractivity contribution is 7.89. The van der Waals surface area contributed by atoms with Crippen LogP contribution in [0.4, 0.5) is 0 Å². The van der Waals surface area contributed by atoms with Crippen molar-refractivity contribution in [2.45, 2.75) is 25.8 Å². The summed E-state index contributed by atoms with van der Waals surface area (Å²) in [6, 6.07) is 9.59. The highest BCUT2D eigenvalue weighted by atomic mass is 32.2. The molecule has 146 valence electrons. The average molecular weight is 409 g/mol. The number of hydrogen-bond donors (Lipinski definition) is 1. The predicted octanol–water partition coefficient (Wildman–Crippen LogP) is 2.19. The predicted molar refractivity (Wildman–Crippen MR) is 107 cm³/mol. The highest BCUT2D eigenvalue weighted by Gasteiger charge is 2.26. The number of fused-ring (bicyclic) bond motifs is 1. The Bertz CT molecular complexity index is 879. The van der Waals surface area contributed by atoms with Gasteiger partial charge in [-0.2, -0.15) is 4.31 Å². The normalized spacial score (nSPS) is 14.6. The van der Waals surface area contributed by atoms with E-state index >= 15 is 0 Å². The molecule has 6 nitrogen and oxygen atoms in total. The average Bonchev–Trinajstić information content (AvgIpc) is 3.17. The largest absolute Gasteiger partial charge is 0.497 e. The molecule has 0 bridgehead atoms. The molecule has 1 aromatic carbocycles. The maximum absolute atomic E-state index is 12.6. The minimum Gasteiger partial charge on any atom is -0.497 e. The van der Waals surface area contributed by atoms with Crippen molar-refractivity contribution in [3.05, 3.63) is 51.7 Å². The van der Waals surface area contributed by atoms with Crippen LogP contribution in [0.2, 0.25) is 0 Å². The highest BCUT2D eigenvalue weighted by Crippen LogP contribution is 2.25. The monoisotopic (exact) mass is 408 g/mol. The lowest BCUT2D eigenvalue weighted by Crippen LogP contribution is -2.38. The van der Waals surface area contributed by atoms with Crippen LogP contribution >= 0.6 is 11.3 Å². The maximum atomic E-state index is 12.6. The van der Waals surface area contributed by atoms with Gasteiger partial charge in [0.25, 0.3) is 0 Å². The summed E-state index contributed by atoms with van der Waals surface area (Å²) in [5.74, 6) is 0.761. The number of sulfonamides is 1. The molecule has 2 heterocycles. The molecule has 0 fully saturated rings. The Labute approximate surface area is 164 Å². The van der Waals surface area contributed by atoms with Crippen LogP contribution in [0.3, 0.4) is 0 Å². The van der Waals surface area contributed by atoms with Crippen molar-refractivity contribution in [3.63, 3.8) is 0 Å². The number of nitrogens with one attached hydrogen (secondary N) is 1. The molecule has 0 atom stereocenters. The van der Waals surface area contributed by atoms with Gasteiger partial charge in [-0.15, -0.1) is 11.3 Å². The van der Waals surface area contributed by atoms with Crippen LogP contribution in [0, 0.1) is 0 Å². The minimum atomic E-state index is -3.34. The summed E-state index contributed by atoms with van der Waals surface area (Å²) >= 11 is 1.54. The number of nitrogens with zero attached hydrogens (tertiary/aromatic N) is 1. The summed E-state index contributed by atoms with van der Waals surface area (Å²) in [7, 11) is -1.71. The number of ether oxygens (including phenoxy) is 1. The molecule has 0 radical (unpaired) electrons. The Balaban J connectivity index is 1.46. The third-order valence-corrected chi connectivity index (χ3v) is 7.38. The third-order valence-electron chi connectivity index (χ3n) is 4.60. The molecule has 1 aromatic heterocycles. The second-order valence-electron chi connectivity index (χ2n) is 6.49. The first-order chi connectivity index (χ1) is 13.0. The van der Waals surface area contributed by atoms with Gasteiger partial charge in [-0.05, 0) is 47.5 Å². The number of amides is 1. The van der Waals surface area contributed by atoms with Crippen molar-refractivity contribution in [1.82, 2.24) is 9.62 Å². The molecular formula is C19H24N2O4S2. The molecule has 0 unspecified atom stereocenters. The molecule has 0 aliphatic carbocycles. The Morgan fingerprint density at radius 3 is 2.89 bits per heavy atom. The van der Waals surface area contributed by atoms with E-state index in [1.165, 1.54) is 15.6 Å². The first kappa shape index (κ1) is 19.9.